The third kappa shape index (κ3) is 6.95. The van der Waals surface area contributed by atoms with E-state index in [1.165, 1.54) is 17.3 Å². The lowest BCUT2D eigenvalue weighted by molar-refractivity contribution is -0.128. The van der Waals surface area contributed by atoms with Crippen LogP contribution in [0.2, 0.25) is 0 Å². The fourth-order valence-corrected chi connectivity index (χ4v) is 5.71. The molecule has 0 aliphatic carbocycles. The van der Waals surface area contributed by atoms with Crippen LogP contribution in [0.3, 0.4) is 0 Å². The number of hydrogen-bond donors (Lipinski definition) is 2. The maximum absolute atomic E-state index is 11.7. The van der Waals surface area contributed by atoms with Crippen LogP contribution in [0.25, 0.3) is 0 Å². The molecule has 0 radical (unpaired) electrons. The second kappa shape index (κ2) is 9.10. The number of hydrazine groups is 1. The highest BCUT2D eigenvalue weighted by molar-refractivity contribution is 8.02. The lowest BCUT2D eigenvalue weighted by Crippen LogP contribution is -2.44. The van der Waals surface area contributed by atoms with Crippen LogP contribution in [0.1, 0.15) is 18.9 Å². The Balaban J connectivity index is 1.61. The van der Waals surface area contributed by atoms with Crippen LogP contribution in [0, 0.1) is 0 Å². The Kier molecular flexibility index (Phi) is 7.12. The molecule has 2 N–H and O–H groups in total. The number of carbonyl (C=O) groups is 2. The number of nitrogens with one attached hydrogen (secondary N) is 2. The second-order valence-electron chi connectivity index (χ2n) is 5.72. The summed E-state index contributed by atoms with van der Waals surface area (Å²) in [5.41, 5.74) is 5.74. The quantitative estimate of drug-likeness (QED) is 0.669. The molecule has 0 bridgehead atoms. The lowest BCUT2D eigenvalue weighted by Gasteiger charge is -2.10. The highest BCUT2D eigenvalue weighted by Crippen LogP contribution is 2.23. The lowest BCUT2D eigenvalue weighted by atomic mass is 10.2. The molecular formula is C16H22N2O5S2. The van der Waals surface area contributed by atoms with Crippen molar-refractivity contribution in [1.29, 1.82) is 0 Å². The molecule has 1 aromatic carbocycles. The topological polar surface area (TPSA) is 102 Å². The summed E-state index contributed by atoms with van der Waals surface area (Å²) in [5.74, 6) is 0.120. The molecule has 1 saturated heterocycles. The number of aryl methyl sites for hydroxylation is 1. The van der Waals surface area contributed by atoms with Crippen molar-refractivity contribution in [2.24, 2.45) is 0 Å². The summed E-state index contributed by atoms with van der Waals surface area (Å²) < 4.78 is 28.0. The first-order valence-corrected chi connectivity index (χ1v) is 10.9. The first kappa shape index (κ1) is 19.6. The smallest absolute Gasteiger partial charge is 0.276 e. The number of sulfone groups is 1. The minimum Gasteiger partial charge on any atom is -0.484 e. The van der Waals surface area contributed by atoms with Gasteiger partial charge in [-0.2, -0.15) is 0 Å². The molecule has 0 spiro atoms. The van der Waals surface area contributed by atoms with Gasteiger partial charge in [0.25, 0.3) is 5.91 Å². The molecule has 7 nitrogen and oxygen atoms in total. The van der Waals surface area contributed by atoms with E-state index in [9.17, 15) is 18.0 Å². The summed E-state index contributed by atoms with van der Waals surface area (Å²) in [6.07, 6.45) is 1.49. The van der Waals surface area contributed by atoms with Crippen molar-refractivity contribution in [3.8, 4) is 5.75 Å². The normalized spacial score (nSPS) is 18.5. The SMILES string of the molecule is CCc1ccc(OCC(=O)NNC(=O)CS[C@H]2CCS(=O)(=O)C2)cc1. The predicted octanol–water partition coefficient (Wildman–Crippen LogP) is 0.696. The molecule has 1 aromatic rings. The number of thioether (sulfide) groups is 1. The van der Waals surface area contributed by atoms with E-state index in [1.807, 2.05) is 12.1 Å². The van der Waals surface area contributed by atoms with Crippen molar-refractivity contribution in [3.63, 3.8) is 0 Å². The van der Waals surface area contributed by atoms with E-state index in [-0.39, 0.29) is 35.0 Å². The first-order chi connectivity index (χ1) is 11.9. The Labute approximate surface area is 151 Å². The minimum atomic E-state index is -2.95. The second-order valence-corrected chi connectivity index (χ2v) is 9.24. The monoisotopic (exact) mass is 386 g/mol. The van der Waals surface area contributed by atoms with Crippen LogP contribution >= 0.6 is 11.8 Å². The average molecular weight is 386 g/mol. The molecule has 1 aliphatic heterocycles. The molecular weight excluding hydrogens is 364 g/mol. The van der Waals surface area contributed by atoms with Gasteiger partial charge < -0.3 is 4.74 Å². The molecule has 1 aliphatic rings. The Hall–Kier alpha value is -1.74. The van der Waals surface area contributed by atoms with Crippen molar-refractivity contribution in [2.75, 3.05) is 23.9 Å². The van der Waals surface area contributed by atoms with Gasteiger partial charge in [-0.15, -0.1) is 11.8 Å². The summed E-state index contributed by atoms with van der Waals surface area (Å²) in [7, 11) is -2.95. The summed E-state index contributed by atoms with van der Waals surface area (Å²) in [4.78, 5) is 23.3. The average Bonchev–Trinajstić information content (AvgIpc) is 2.95. The van der Waals surface area contributed by atoms with Gasteiger partial charge in [-0.05, 0) is 30.5 Å². The van der Waals surface area contributed by atoms with E-state index in [0.29, 0.717) is 12.2 Å². The van der Waals surface area contributed by atoms with Crippen molar-refractivity contribution >= 4 is 33.4 Å². The number of hydrogen-bond acceptors (Lipinski definition) is 6. The van der Waals surface area contributed by atoms with E-state index >= 15 is 0 Å². The maximum atomic E-state index is 11.7. The fourth-order valence-electron chi connectivity index (χ4n) is 2.27. The number of benzene rings is 1. The van der Waals surface area contributed by atoms with E-state index < -0.39 is 15.7 Å². The molecule has 1 atom stereocenters. The highest BCUT2D eigenvalue weighted by Gasteiger charge is 2.28. The maximum Gasteiger partial charge on any atom is 0.276 e. The zero-order chi connectivity index (χ0) is 18.3. The van der Waals surface area contributed by atoms with Crippen LogP contribution < -0.4 is 15.6 Å². The fraction of sp³-hybridized carbons (Fsp3) is 0.500. The van der Waals surface area contributed by atoms with Gasteiger partial charge in [0.05, 0.1) is 17.3 Å². The zero-order valence-corrected chi connectivity index (χ0v) is 15.6. The third-order valence-corrected chi connectivity index (χ3v) is 6.97. The van der Waals surface area contributed by atoms with Crippen molar-refractivity contribution in [3.05, 3.63) is 29.8 Å². The van der Waals surface area contributed by atoms with E-state index in [1.54, 1.807) is 12.1 Å². The van der Waals surface area contributed by atoms with Crippen LogP contribution in [0.5, 0.6) is 5.75 Å². The van der Waals surface area contributed by atoms with E-state index in [0.717, 1.165) is 6.42 Å². The van der Waals surface area contributed by atoms with Gasteiger partial charge in [0.2, 0.25) is 5.91 Å². The van der Waals surface area contributed by atoms with E-state index in [4.69, 9.17) is 4.74 Å². The van der Waals surface area contributed by atoms with Crippen LogP contribution in [-0.4, -0.2) is 49.3 Å². The van der Waals surface area contributed by atoms with Gasteiger partial charge in [0.1, 0.15) is 5.75 Å². The van der Waals surface area contributed by atoms with E-state index in [2.05, 4.69) is 17.8 Å². The number of amides is 2. The van der Waals surface area contributed by atoms with Crippen LogP contribution in [0.15, 0.2) is 24.3 Å². The Morgan fingerprint density at radius 2 is 1.88 bits per heavy atom. The molecule has 0 unspecified atom stereocenters. The highest BCUT2D eigenvalue weighted by atomic mass is 32.2. The summed E-state index contributed by atoms with van der Waals surface area (Å²) >= 11 is 1.29. The molecule has 0 saturated carbocycles. The number of rotatable bonds is 7. The standard InChI is InChI=1S/C16H22N2O5S2/c1-2-12-3-5-13(6-4-12)23-9-15(19)17-18-16(20)10-24-14-7-8-25(21,22)11-14/h3-6,14H,2,7-11H2,1H3,(H,17,19)(H,18,20)/t14-/m0/s1. The van der Waals surface area contributed by atoms with Gasteiger partial charge in [-0.1, -0.05) is 19.1 Å². The summed E-state index contributed by atoms with van der Waals surface area (Å²) in [5, 5.41) is -0.0547. The van der Waals surface area contributed by atoms with Crippen LogP contribution in [0.4, 0.5) is 0 Å². The molecule has 1 fully saturated rings. The summed E-state index contributed by atoms with van der Waals surface area (Å²) in [6.45, 7) is 1.84. The number of carbonyl (C=O) groups excluding carboxylic acids is 2. The molecule has 9 heteroatoms. The van der Waals surface area contributed by atoms with Crippen molar-refractivity contribution < 1.29 is 22.7 Å². The minimum absolute atomic E-state index is 0.0547. The molecule has 0 aromatic heterocycles. The van der Waals surface area contributed by atoms with Gasteiger partial charge in [0.15, 0.2) is 16.4 Å². The predicted molar refractivity (Wildman–Crippen MR) is 97.1 cm³/mol. The molecule has 2 rings (SSSR count). The molecule has 138 valence electrons. The molecule has 2 amide bonds. The van der Waals surface area contributed by atoms with Crippen molar-refractivity contribution in [2.45, 2.75) is 25.0 Å². The zero-order valence-electron chi connectivity index (χ0n) is 14.0. The largest absolute Gasteiger partial charge is 0.484 e. The first-order valence-electron chi connectivity index (χ1n) is 7.99. The van der Waals surface area contributed by atoms with Gasteiger partial charge in [0, 0.05) is 5.25 Å². The van der Waals surface area contributed by atoms with Gasteiger partial charge in [-0.25, -0.2) is 8.42 Å². The van der Waals surface area contributed by atoms with Gasteiger partial charge >= 0.3 is 0 Å². The summed E-state index contributed by atoms with van der Waals surface area (Å²) in [6, 6.07) is 7.43. The van der Waals surface area contributed by atoms with Crippen molar-refractivity contribution in [1.82, 2.24) is 10.9 Å². The molecule has 1 heterocycles. The Bertz CT molecular complexity index is 704. The Morgan fingerprint density at radius 1 is 1.20 bits per heavy atom. The van der Waals surface area contributed by atoms with Gasteiger partial charge in [-0.3, -0.25) is 20.4 Å². The van der Waals surface area contributed by atoms with Crippen LogP contribution in [-0.2, 0) is 25.8 Å². The Morgan fingerprint density at radius 3 is 2.48 bits per heavy atom. The third-order valence-electron chi connectivity index (χ3n) is 3.68. The number of ether oxygens (including phenoxy) is 1. The molecule has 25 heavy (non-hydrogen) atoms.